The molecule has 1 unspecified atom stereocenters. The van der Waals surface area contributed by atoms with Crippen molar-refractivity contribution in [3.63, 3.8) is 0 Å². The molecule has 4 heteroatoms. The summed E-state index contributed by atoms with van der Waals surface area (Å²) in [6.45, 7) is 4.27. The lowest BCUT2D eigenvalue weighted by Gasteiger charge is -2.31. The van der Waals surface area contributed by atoms with Crippen LogP contribution >= 0.6 is 0 Å². The van der Waals surface area contributed by atoms with E-state index in [9.17, 15) is 4.79 Å². The third-order valence-corrected chi connectivity index (χ3v) is 2.72. The number of benzene rings is 1. The van der Waals surface area contributed by atoms with Crippen molar-refractivity contribution in [2.45, 2.75) is 19.9 Å². The predicted molar refractivity (Wildman–Crippen MR) is 63.6 cm³/mol. The minimum atomic E-state index is -0.530. The molecule has 88 valence electrons. The highest BCUT2D eigenvalue weighted by Gasteiger charge is 2.30. The molecule has 1 aliphatic heterocycles. The Morgan fingerprint density at radius 2 is 2.00 bits per heavy atom. The van der Waals surface area contributed by atoms with E-state index in [1.165, 1.54) is 4.90 Å². The smallest absolute Gasteiger partial charge is 0.254 e. The van der Waals surface area contributed by atoms with Crippen LogP contribution in [-0.2, 0) is 9.53 Å². The largest absolute Gasteiger partial charge is 0.368 e. The lowest BCUT2D eigenvalue weighted by molar-refractivity contribution is -0.126. The number of nitrogens with zero attached hydrogens (tertiary/aromatic N) is 2. The summed E-state index contributed by atoms with van der Waals surface area (Å²) in [5.74, 6) is -0.159. The molecule has 2 rings (SSSR count). The Morgan fingerprint density at radius 3 is 2.59 bits per heavy atom. The molecule has 1 atom stereocenters. The second-order valence-corrected chi connectivity index (χ2v) is 4.27. The van der Waals surface area contributed by atoms with Gasteiger partial charge < -0.3 is 4.74 Å². The fourth-order valence-corrected chi connectivity index (χ4v) is 2.08. The first-order valence-corrected chi connectivity index (χ1v) is 5.49. The van der Waals surface area contributed by atoms with Gasteiger partial charge in [0.15, 0.2) is 0 Å². The fourth-order valence-electron chi connectivity index (χ4n) is 2.08. The van der Waals surface area contributed by atoms with E-state index >= 15 is 0 Å². The third-order valence-electron chi connectivity index (χ3n) is 2.72. The molecule has 1 heterocycles. The SMILES string of the molecule is Cc1cc(C)cc(N2C(=O)COCC2C#N)c1. The van der Waals surface area contributed by atoms with Crippen molar-refractivity contribution in [1.29, 1.82) is 5.26 Å². The zero-order chi connectivity index (χ0) is 12.4. The number of amides is 1. The average Bonchev–Trinajstić information content (AvgIpc) is 2.27. The number of aryl methyl sites for hydroxylation is 2. The molecule has 1 amide bonds. The summed E-state index contributed by atoms with van der Waals surface area (Å²) < 4.78 is 5.08. The minimum absolute atomic E-state index is 0.0468. The second kappa shape index (κ2) is 4.56. The van der Waals surface area contributed by atoms with Crippen LogP contribution in [-0.4, -0.2) is 25.2 Å². The number of hydrogen-bond donors (Lipinski definition) is 0. The van der Waals surface area contributed by atoms with Gasteiger partial charge >= 0.3 is 0 Å². The van der Waals surface area contributed by atoms with Crippen molar-refractivity contribution in [3.05, 3.63) is 29.3 Å². The van der Waals surface area contributed by atoms with Crippen LogP contribution in [0.1, 0.15) is 11.1 Å². The molecule has 0 N–H and O–H groups in total. The van der Waals surface area contributed by atoms with Gasteiger partial charge in [0.1, 0.15) is 12.6 Å². The zero-order valence-electron chi connectivity index (χ0n) is 9.93. The molecule has 0 radical (unpaired) electrons. The number of carbonyl (C=O) groups is 1. The summed E-state index contributed by atoms with van der Waals surface area (Å²) in [6.07, 6.45) is 0. The van der Waals surface area contributed by atoms with Crippen molar-refractivity contribution in [1.82, 2.24) is 0 Å². The molecule has 4 nitrogen and oxygen atoms in total. The molecule has 1 aromatic rings. The van der Waals surface area contributed by atoms with Crippen LogP contribution < -0.4 is 4.90 Å². The van der Waals surface area contributed by atoms with E-state index in [1.54, 1.807) is 0 Å². The van der Waals surface area contributed by atoms with Crippen LogP contribution in [0.3, 0.4) is 0 Å². The highest BCUT2D eigenvalue weighted by atomic mass is 16.5. The van der Waals surface area contributed by atoms with Crippen LogP contribution in [0.15, 0.2) is 18.2 Å². The topological polar surface area (TPSA) is 53.3 Å². The quantitative estimate of drug-likeness (QED) is 0.735. The van der Waals surface area contributed by atoms with Gasteiger partial charge in [0.25, 0.3) is 5.91 Å². The number of rotatable bonds is 1. The van der Waals surface area contributed by atoms with Crippen LogP contribution in [0.25, 0.3) is 0 Å². The number of carbonyl (C=O) groups excluding carboxylic acids is 1. The molecular weight excluding hydrogens is 216 g/mol. The number of nitriles is 1. The van der Waals surface area contributed by atoms with Gasteiger partial charge in [0.2, 0.25) is 0 Å². The lowest BCUT2D eigenvalue weighted by atomic mass is 10.1. The van der Waals surface area contributed by atoms with Gasteiger partial charge in [-0.1, -0.05) is 6.07 Å². The maximum absolute atomic E-state index is 11.8. The van der Waals surface area contributed by atoms with Gasteiger partial charge in [-0.15, -0.1) is 0 Å². The summed E-state index contributed by atoms with van der Waals surface area (Å²) >= 11 is 0. The number of hydrogen-bond acceptors (Lipinski definition) is 3. The van der Waals surface area contributed by atoms with E-state index in [2.05, 4.69) is 6.07 Å². The van der Waals surface area contributed by atoms with Gasteiger partial charge in [0, 0.05) is 5.69 Å². The minimum Gasteiger partial charge on any atom is -0.368 e. The first-order valence-electron chi connectivity index (χ1n) is 5.49. The summed E-state index contributed by atoms with van der Waals surface area (Å²) in [4.78, 5) is 13.4. The first kappa shape index (κ1) is 11.6. The normalized spacial score (nSPS) is 20.2. The Hall–Kier alpha value is -1.86. The maximum atomic E-state index is 11.8. The van der Waals surface area contributed by atoms with Crippen molar-refractivity contribution in [2.75, 3.05) is 18.1 Å². The van der Waals surface area contributed by atoms with Crippen LogP contribution in [0.4, 0.5) is 5.69 Å². The molecule has 1 aromatic carbocycles. The van der Waals surface area contributed by atoms with E-state index in [-0.39, 0.29) is 19.1 Å². The van der Waals surface area contributed by atoms with Crippen molar-refractivity contribution in [3.8, 4) is 6.07 Å². The van der Waals surface area contributed by atoms with Crippen LogP contribution in [0, 0.1) is 25.2 Å². The molecule has 0 bridgehead atoms. The molecule has 1 saturated heterocycles. The van der Waals surface area contributed by atoms with Crippen LogP contribution in [0.2, 0.25) is 0 Å². The molecule has 1 aliphatic rings. The summed E-state index contributed by atoms with van der Waals surface area (Å²) in [5, 5.41) is 9.06. The Kier molecular flexibility index (Phi) is 3.12. The maximum Gasteiger partial charge on any atom is 0.254 e. The van der Waals surface area contributed by atoms with Crippen molar-refractivity contribution < 1.29 is 9.53 Å². The van der Waals surface area contributed by atoms with Crippen molar-refractivity contribution in [2.24, 2.45) is 0 Å². The highest BCUT2D eigenvalue weighted by Crippen LogP contribution is 2.23. The Morgan fingerprint density at radius 1 is 1.35 bits per heavy atom. The third kappa shape index (κ3) is 2.29. The van der Waals surface area contributed by atoms with Gasteiger partial charge in [-0.2, -0.15) is 5.26 Å². The van der Waals surface area contributed by atoms with E-state index < -0.39 is 6.04 Å². The molecule has 1 fully saturated rings. The predicted octanol–water partition coefficient (Wildman–Crippen LogP) is 1.56. The van der Waals surface area contributed by atoms with Crippen LogP contribution in [0.5, 0.6) is 0 Å². The molecule has 0 aromatic heterocycles. The molecule has 17 heavy (non-hydrogen) atoms. The molecule has 0 spiro atoms. The Bertz CT molecular complexity index is 470. The second-order valence-electron chi connectivity index (χ2n) is 4.27. The van der Waals surface area contributed by atoms with E-state index in [1.807, 2.05) is 32.0 Å². The zero-order valence-corrected chi connectivity index (χ0v) is 9.93. The molecule has 0 aliphatic carbocycles. The van der Waals surface area contributed by atoms with Gasteiger partial charge in [-0.05, 0) is 37.1 Å². The number of ether oxygens (including phenoxy) is 1. The molecule has 0 saturated carbocycles. The first-order chi connectivity index (χ1) is 8.11. The van der Waals surface area contributed by atoms with E-state index in [0.717, 1.165) is 16.8 Å². The van der Waals surface area contributed by atoms with E-state index in [0.29, 0.717) is 0 Å². The van der Waals surface area contributed by atoms with Crippen molar-refractivity contribution >= 4 is 11.6 Å². The van der Waals surface area contributed by atoms with Gasteiger partial charge in [0.05, 0.1) is 12.7 Å². The van der Waals surface area contributed by atoms with Gasteiger partial charge in [-0.25, -0.2) is 0 Å². The fraction of sp³-hybridized carbons (Fsp3) is 0.385. The number of anilines is 1. The van der Waals surface area contributed by atoms with E-state index in [4.69, 9.17) is 10.00 Å². The molecular formula is C13H14N2O2. The summed E-state index contributed by atoms with van der Waals surface area (Å²) in [7, 11) is 0. The lowest BCUT2D eigenvalue weighted by Crippen LogP contribution is -2.49. The van der Waals surface area contributed by atoms with Gasteiger partial charge in [-0.3, -0.25) is 9.69 Å². The summed E-state index contributed by atoms with van der Waals surface area (Å²) in [5.41, 5.74) is 2.94. The average molecular weight is 230 g/mol. The Labute approximate surface area is 100 Å². The highest BCUT2D eigenvalue weighted by molar-refractivity contribution is 5.96. The standard InChI is InChI=1S/C13H14N2O2/c1-9-3-10(2)5-11(4-9)15-12(6-14)7-17-8-13(15)16/h3-5,12H,7-8H2,1-2H3. The monoisotopic (exact) mass is 230 g/mol. The summed E-state index contributed by atoms with van der Waals surface area (Å²) in [6, 6.07) is 7.44. The number of morpholine rings is 1. The Balaban J connectivity index is 2.42.